The van der Waals surface area contributed by atoms with Crippen LogP contribution in [0.25, 0.3) is 0 Å². The summed E-state index contributed by atoms with van der Waals surface area (Å²) in [4.78, 5) is 18.9. The maximum Gasteiger partial charge on any atom is 0.290 e. The minimum atomic E-state index is -0.0319. The van der Waals surface area contributed by atoms with Crippen molar-refractivity contribution in [1.29, 1.82) is 0 Å². The second kappa shape index (κ2) is 6.35. The summed E-state index contributed by atoms with van der Waals surface area (Å²) in [5, 5.41) is 0. The second-order valence-electron chi connectivity index (χ2n) is 5.11. The number of likely N-dealkylation sites (tertiary alicyclic amines) is 1. The summed E-state index contributed by atoms with van der Waals surface area (Å²) in [6, 6.07) is 9.57. The Bertz CT molecular complexity index is 612. The van der Waals surface area contributed by atoms with Gasteiger partial charge in [0.15, 0.2) is 5.76 Å². The Morgan fingerprint density at radius 3 is 3.10 bits per heavy atom. The van der Waals surface area contributed by atoms with E-state index in [9.17, 15) is 4.79 Å². The van der Waals surface area contributed by atoms with Gasteiger partial charge in [0.2, 0.25) is 0 Å². The smallest absolute Gasteiger partial charge is 0.290 e. The van der Waals surface area contributed by atoms with Gasteiger partial charge in [-0.2, -0.15) is 11.8 Å². The van der Waals surface area contributed by atoms with Gasteiger partial charge >= 0.3 is 0 Å². The van der Waals surface area contributed by atoms with Crippen LogP contribution in [0, 0.1) is 0 Å². The molecule has 2 aromatic heterocycles. The van der Waals surface area contributed by atoms with Gasteiger partial charge in [0, 0.05) is 12.7 Å². The lowest BCUT2D eigenvalue weighted by atomic mass is 10.1. The lowest BCUT2D eigenvalue weighted by Gasteiger charge is -2.23. The third kappa shape index (κ3) is 2.97. The van der Waals surface area contributed by atoms with E-state index in [1.165, 1.54) is 0 Å². The number of thioether (sulfide) groups is 1. The van der Waals surface area contributed by atoms with Crippen molar-refractivity contribution in [2.24, 2.45) is 0 Å². The maximum absolute atomic E-state index is 12.6. The molecule has 0 radical (unpaired) electrons. The molecular formula is C16H18N2O2S. The van der Waals surface area contributed by atoms with Crippen LogP contribution in [0.1, 0.15) is 40.9 Å². The van der Waals surface area contributed by atoms with Crippen molar-refractivity contribution in [3.63, 3.8) is 0 Å². The van der Waals surface area contributed by atoms with E-state index in [0.29, 0.717) is 5.76 Å². The van der Waals surface area contributed by atoms with E-state index in [1.807, 2.05) is 35.4 Å². The number of carbonyl (C=O) groups is 1. The van der Waals surface area contributed by atoms with Crippen molar-refractivity contribution < 1.29 is 9.21 Å². The van der Waals surface area contributed by atoms with E-state index in [0.717, 1.165) is 36.6 Å². The van der Waals surface area contributed by atoms with Gasteiger partial charge in [-0.15, -0.1) is 0 Å². The van der Waals surface area contributed by atoms with Crippen LogP contribution in [0.2, 0.25) is 0 Å². The molecule has 1 atom stereocenters. The Kier molecular flexibility index (Phi) is 4.29. The second-order valence-corrected chi connectivity index (χ2v) is 5.98. The SMILES string of the molecule is CSCc1ccc(C(=O)N2CCCC2c2ccccn2)o1. The Balaban J connectivity index is 1.79. The van der Waals surface area contributed by atoms with Crippen molar-refractivity contribution in [2.45, 2.75) is 24.6 Å². The molecule has 3 heterocycles. The standard InChI is InChI=1S/C16H18N2O2S/c1-21-11-12-7-8-15(20-12)16(19)18-10-4-6-14(18)13-5-2-3-9-17-13/h2-3,5,7-9,14H,4,6,10-11H2,1H3. The Labute approximate surface area is 128 Å². The molecule has 0 saturated carbocycles. The highest BCUT2D eigenvalue weighted by Crippen LogP contribution is 2.32. The number of hydrogen-bond acceptors (Lipinski definition) is 4. The van der Waals surface area contributed by atoms with Crippen LogP contribution in [-0.2, 0) is 5.75 Å². The monoisotopic (exact) mass is 302 g/mol. The van der Waals surface area contributed by atoms with Gasteiger partial charge in [0.25, 0.3) is 5.91 Å². The molecule has 1 fully saturated rings. The highest BCUT2D eigenvalue weighted by Gasteiger charge is 2.32. The van der Waals surface area contributed by atoms with E-state index in [4.69, 9.17) is 4.42 Å². The number of aromatic nitrogens is 1. The summed E-state index contributed by atoms with van der Waals surface area (Å²) < 4.78 is 5.65. The molecule has 0 bridgehead atoms. The molecule has 21 heavy (non-hydrogen) atoms. The van der Waals surface area contributed by atoms with Gasteiger partial charge in [-0.1, -0.05) is 6.07 Å². The summed E-state index contributed by atoms with van der Waals surface area (Å²) in [6.07, 6.45) is 5.76. The lowest BCUT2D eigenvalue weighted by Crippen LogP contribution is -2.30. The minimum absolute atomic E-state index is 0.0319. The Hall–Kier alpha value is -1.75. The average molecular weight is 302 g/mol. The molecule has 1 saturated heterocycles. The predicted octanol–water partition coefficient (Wildman–Crippen LogP) is 3.51. The molecule has 1 aliphatic heterocycles. The molecule has 1 aliphatic rings. The van der Waals surface area contributed by atoms with Crippen LogP contribution in [-0.4, -0.2) is 28.6 Å². The molecule has 5 heteroatoms. The maximum atomic E-state index is 12.6. The van der Waals surface area contributed by atoms with Crippen LogP contribution in [0.3, 0.4) is 0 Å². The summed E-state index contributed by atoms with van der Waals surface area (Å²) in [7, 11) is 0. The Morgan fingerprint density at radius 2 is 2.33 bits per heavy atom. The van der Waals surface area contributed by atoms with Gasteiger partial charge in [-0.05, 0) is 43.4 Å². The first-order valence-electron chi connectivity index (χ1n) is 7.09. The van der Waals surface area contributed by atoms with Gasteiger partial charge in [-0.3, -0.25) is 9.78 Å². The molecule has 1 unspecified atom stereocenters. The first-order valence-corrected chi connectivity index (χ1v) is 8.48. The number of furan rings is 1. The summed E-state index contributed by atoms with van der Waals surface area (Å²) >= 11 is 1.68. The average Bonchev–Trinajstić information content (AvgIpc) is 3.17. The number of carbonyl (C=O) groups excluding carboxylic acids is 1. The normalized spacial score (nSPS) is 18.1. The molecule has 1 amide bonds. The van der Waals surface area contributed by atoms with Crippen molar-refractivity contribution in [2.75, 3.05) is 12.8 Å². The molecule has 0 aromatic carbocycles. The molecule has 2 aromatic rings. The first kappa shape index (κ1) is 14.2. The lowest BCUT2D eigenvalue weighted by molar-refractivity contribution is 0.0699. The highest BCUT2D eigenvalue weighted by atomic mass is 32.2. The van der Waals surface area contributed by atoms with Gasteiger partial charge in [-0.25, -0.2) is 0 Å². The number of hydrogen-bond donors (Lipinski definition) is 0. The van der Waals surface area contributed by atoms with Crippen LogP contribution in [0.15, 0.2) is 40.9 Å². The minimum Gasteiger partial charge on any atom is -0.455 e. The fraction of sp³-hybridized carbons (Fsp3) is 0.375. The van der Waals surface area contributed by atoms with E-state index in [-0.39, 0.29) is 11.9 Å². The molecular weight excluding hydrogens is 284 g/mol. The molecule has 110 valence electrons. The van der Waals surface area contributed by atoms with E-state index in [1.54, 1.807) is 24.0 Å². The van der Waals surface area contributed by atoms with Gasteiger partial charge in [0.05, 0.1) is 17.5 Å². The molecule has 4 nitrogen and oxygen atoms in total. The predicted molar refractivity (Wildman–Crippen MR) is 83.2 cm³/mol. The van der Waals surface area contributed by atoms with Gasteiger partial charge < -0.3 is 9.32 Å². The first-order chi connectivity index (χ1) is 10.3. The number of rotatable bonds is 4. The van der Waals surface area contributed by atoms with Crippen molar-refractivity contribution in [3.05, 3.63) is 53.7 Å². The fourth-order valence-corrected chi connectivity index (χ4v) is 3.18. The fourth-order valence-electron chi connectivity index (χ4n) is 2.74. The van der Waals surface area contributed by atoms with Crippen LogP contribution >= 0.6 is 11.8 Å². The zero-order valence-corrected chi connectivity index (χ0v) is 12.8. The quantitative estimate of drug-likeness (QED) is 0.867. The van der Waals surface area contributed by atoms with Crippen LogP contribution in [0.5, 0.6) is 0 Å². The molecule has 0 aliphatic carbocycles. The van der Waals surface area contributed by atoms with E-state index < -0.39 is 0 Å². The number of pyridine rings is 1. The zero-order chi connectivity index (χ0) is 14.7. The topological polar surface area (TPSA) is 46.3 Å². The van der Waals surface area contributed by atoms with Gasteiger partial charge in [0.1, 0.15) is 5.76 Å². The third-order valence-electron chi connectivity index (χ3n) is 3.70. The van der Waals surface area contributed by atoms with E-state index in [2.05, 4.69) is 4.98 Å². The van der Waals surface area contributed by atoms with Crippen LogP contribution in [0.4, 0.5) is 0 Å². The molecule has 0 N–H and O–H groups in total. The summed E-state index contributed by atoms with van der Waals surface area (Å²) in [5.74, 6) is 2.04. The Morgan fingerprint density at radius 1 is 1.43 bits per heavy atom. The van der Waals surface area contributed by atoms with Crippen LogP contribution < -0.4 is 0 Å². The molecule has 3 rings (SSSR count). The largest absolute Gasteiger partial charge is 0.455 e. The zero-order valence-electron chi connectivity index (χ0n) is 12.0. The molecule has 0 spiro atoms. The van der Waals surface area contributed by atoms with Crippen molar-refractivity contribution in [3.8, 4) is 0 Å². The summed E-state index contributed by atoms with van der Waals surface area (Å²) in [5.41, 5.74) is 0.958. The summed E-state index contributed by atoms with van der Waals surface area (Å²) in [6.45, 7) is 0.763. The highest BCUT2D eigenvalue weighted by molar-refractivity contribution is 7.97. The van der Waals surface area contributed by atoms with E-state index >= 15 is 0 Å². The third-order valence-corrected chi connectivity index (χ3v) is 4.28. The van der Waals surface area contributed by atoms with Crippen molar-refractivity contribution >= 4 is 17.7 Å². The van der Waals surface area contributed by atoms with Crippen molar-refractivity contribution in [1.82, 2.24) is 9.88 Å². The number of amides is 1. The number of nitrogens with zero attached hydrogens (tertiary/aromatic N) is 2.